The van der Waals surface area contributed by atoms with Crippen molar-refractivity contribution in [2.24, 2.45) is 11.8 Å². The number of hydrogen-bond acceptors (Lipinski definition) is 7. The van der Waals surface area contributed by atoms with Crippen molar-refractivity contribution in [1.29, 1.82) is 0 Å². The van der Waals surface area contributed by atoms with E-state index in [-0.39, 0.29) is 22.9 Å². The number of nitrogens with one attached hydrogen (secondary N) is 1. The lowest BCUT2D eigenvalue weighted by molar-refractivity contribution is -0.387. The molecule has 2 aromatic heterocycles. The van der Waals surface area contributed by atoms with Crippen LogP contribution in [-0.4, -0.2) is 40.7 Å². The number of para-hydroxylation sites is 1. The fraction of sp³-hybridized carbons (Fsp3) is 0.407. The summed E-state index contributed by atoms with van der Waals surface area (Å²) < 4.78 is 27.4. The zero-order valence-corrected chi connectivity index (χ0v) is 21.8. The number of benzene rings is 1. The summed E-state index contributed by atoms with van der Waals surface area (Å²) in [7, 11) is -3.91. The van der Waals surface area contributed by atoms with Crippen LogP contribution in [0.4, 0.5) is 5.69 Å². The molecule has 0 saturated carbocycles. The van der Waals surface area contributed by atoms with Gasteiger partial charge in [0.25, 0.3) is 5.69 Å². The summed E-state index contributed by atoms with van der Waals surface area (Å²) in [6, 6.07) is 13.8. The first-order valence-corrected chi connectivity index (χ1v) is 14.0. The molecule has 0 amide bonds. The number of nitro benzene ring substituents is 1. The van der Waals surface area contributed by atoms with Crippen molar-refractivity contribution >= 4 is 15.7 Å². The normalized spacial score (nSPS) is 22.9. The average Bonchev–Trinajstić information content (AvgIpc) is 2.87. The molecule has 0 aliphatic carbocycles. The molecule has 5 rings (SSSR count). The van der Waals surface area contributed by atoms with Gasteiger partial charge in [-0.3, -0.25) is 20.1 Å². The van der Waals surface area contributed by atoms with Crippen molar-refractivity contribution in [3.63, 3.8) is 0 Å². The van der Waals surface area contributed by atoms with Crippen LogP contribution in [-0.2, 0) is 16.4 Å². The fourth-order valence-electron chi connectivity index (χ4n) is 5.48. The number of pyridine rings is 2. The molecule has 0 bridgehead atoms. The Balaban J connectivity index is 1.29. The second kappa shape index (κ2) is 10.3. The van der Waals surface area contributed by atoms with E-state index in [9.17, 15) is 18.5 Å². The van der Waals surface area contributed by atoms with Crippen molar-refractivity contribution < 1.29 is 13.3 Å². The smallest absolute Gasteiger partial charge is 0.289 e. The van der Waals surface area contributed by atoms with E-state index in [1.807, 2.05) is 30.6 Å². The van der Waals surface area contributed by atoms with Crippen LogP contribution in [0.5, 0.6) is 0 Å². The topological polar surface area (TPSA) is 118 Å². The summed E-state index contributed by atoms with van der Waals surface area (Å²) in [5.74, 6) is 0.567. The summed E-state index contributed by atoms with van der Waals surface area (Å²) in [6.45, 7) is 5.02. The first-order chi connectivity index (χ1) is 17.8. The maximum Gasteiger partial charge on any atom is 0.289 e. The Bertz CT molecular complexity index is 1390. The van der Waals surface area contributed by atoms with Crippen molar-refractivity contribution in [3.8, 4) is 0 Å². The van der Waals surface area contributed by atoms with E-state index in [1.165, 1.54) is 28.6 Å². The van der Waals surface area contributed by atoms with E-state index in [2.05, 4.69) is 30.2 Å². The van der Waals surface area contributed by atoms with Crippen LogP contribution in [0.3, 0.4) is 0 Å². The summed E-state index contributed by atoms with van der Waals surface area (Å²) in [5.41, 5.74) is 3.98. The number of nitro groups is 1. The average molecular weight is 522 g/mol. The molecule has 3 atom stereocenters. The van der Waals surface area contributed by atoms with Crippen LogP contribution >= 0.6 is 0 Å². The minimum absolute atomic E-state index is 0.109. The fourth-order valence-corrected chi connectivity index (χ4v) is 7.23. The van der Waals surface area contributed by atoms with Gasteiger partial charge in [-0.15, -0.1) is 0 Å². The number of aromatic nitrogens is 2. The summed E-state index contributed by atoms with van der Waals surface area (Å²) >= 11 is 0. The highest BCUT2D eigenvalue weighted by Gasteiger charge is 2.40. The molecule has 194 valence electrons. The van der Waals surface area contributed by atoms with E-state index < -0.39 is 20.6 Å². The molecule has 1 aromatic carbocycles. The predicted octanol–water partition coefficient (Wildman–Crippen LogP) is 4.36. The molecule has 3 aromatic rings. The molecule has 4 heterocycles. The molecule has 2 saturated heterocycles. The highest BCUT2D eigenvalue weighted by Crippen LogP contribution is 2.38. The number of sulfonamides is 1. The van der Waals surface area contributed by atoms with Crippen molar-refractivity contribution in [2.75, 3.05) is 13.1 Å². The first-order valence-electron chi connectivity index (χ1n) is 12.6. The van der Waals surface area contributed by atoms with Crippen LogP contribution in [0, 0.1) is 28.9 Å². The molecule has 2 aliphatic heterocycles. The molecule has 37 heavy (non-hydrogen) atoms. The minimum Gasteiger partial charge on any atom is -0.300 e. The van der Waals surface area contributed by atoms with Crippen molar-refractivity contribution in [2.45, 2.75) is 50.1 Å². The van der Waals surface area contributed by atoms with E-state index in [1.54, 1.807) is 0 Å². The minimum atomic E-state index is -3.91. The van der Waals surface area contributed by atoms with Gasteiger partial charge in [0.2, 0.25) is 10.0 Å². The molecule has 2 aliphatic rings. The second-order valence-electron chi connectivity index (χ2n) is 10.1. The Morgan fingerprint density at radius 3 is 2.54 bits per heavy atom. The van der Waals surface area contributed by atoms with Crippen LogP contribution in [0.15, 0.2) is 65.8 Å². The quantitative estimate of drug-likeness (QED) is 0.362. The summed E-state index contributed by atoms with van der Waals surface area (Å²) in [5, 5.41) is 15.1. The zero-order valence-electron chi connectivity index (χ0n) is 20.9. The molecule has 9 nitrogen and oxygen atoms in total. The lowest BCUT2D eigenvalue weighted by Gasteiger charge is -2.39. The molecule has 2 fully saturated rings. The van der Waals surface area contributed by atoms with Gasteiger partial charge >= 0.3 is 0 Å². The van der Waals surface area contributed by atoms with Gasteiger partial charge in [0, 0.05) is 31.5 Å². The Hall–Kier alpha value is -3.21. The Morgan fingerprint density at radius 2 is 1.81 bits per heavy atom. The van der Waals surface area contributed by atoms with Crippen LogP contribution in [0.2, 0.25) is 0 Å². The van der Waals surface area contributed by atoms with Crippen molar-refractivity contribution in [3.05, 3.63) is 93.6 Å². The summed E-state index contributed by atoms with van der Waals surface area (Å²) in [6.07, 6.45) is 6.50. The van der Waals surface area contributed by atoms with Gasteiger partial charge in [-0.25, -0.2) is 8.42 Å². The third-order valence-electron chi connectivity index (χ3n) is 7.67. The van der Waals surface area contributed by atoms with Crippen molar-refractivity contribution in [1.82, 2.24) is 19.6 Å². The molecule has 1 N–H and O–H groups in total. The Labute approximate surface area is 217 Å². The number of nitrogens with zero attached hydrogens (tertiary/aromatic N) is 4. The zero-order chi connectivity index (χ0) is 26.2. The largest absolute Gasteiger partial charge is 0.300 e. The van der Waals surface area contributed by atoms with Crippen LogP contribution in [0.25, 0.3) is 0 Å². The third kappa shape index (κ3) is 5.01. The number of piperidine rings is 1. The highest BCUT2D eigenvalue weighted by molar-refractivity contribution is 7.89. The van der Waals surface area contributed by atoms with Gasteiger partial charge in [-0.2, -0.15) is 4.31 Å². The monoisotopic (exact) mass is 521 g/mol. The summed E-state index contributed by atoms with van der Waals surface area (Å²) in [4.78, 5) is 19.7. The van der Waals surface area contributed by atoms with Crippen LogP contribution < -0.4 is 5.32 Å². The van der Waals surface area contributed by atoms with Gasteiger partial charge in [-0.05, 0) is 73.4 Å². The van der Waals surface area contributed by atoms with Gasteiger partial charge < -0.3 is 5.32 Å². The van der Waals surface area contributed by atoms with Gasteiger partial charge in [0.15, 0.2) is 4.90 Å². The lowest BCUT2D eigenvalue weighted by Crippen LogP contribution is -2.50. The van der Waals surface area contributed by atoms with Gasteiger partial charge in [-0.1, -0.05) is 25.1 Å². The second-order valence-corrected chi connectivity index (χ2v) is 12.0. The maximum absolute atomic E-state index is 13.0. The van der Waals surface area contributed by atoms with Gasteiger partial charge in [0.05, 0.1) is 28.4 Å². The predicted molar refractivity (Wildman–Crippen MR) is 139 cm³/mol. The third-order valence-corrected chi connectivity index (χ3v) is 9.55. The van der Waals surface area contributed by atoms with E-state index >= 15 is 0 Å². The van der Waals surface area contributed by atoms with E-state index in [4.69, 9.17) is 4.98 Å². The molecular weight excluding hydrogens is 490 g/mol. The SMILES string of the molecule is Cc1c(CC2CN(S(=O)(=O)c3ccccc3[N+](=O)[O-])C2)ccnc1[C@@H]1NC(c2ccccn2)CCC1C. The van der Waals surface area contributed by atoms with Gasteiger partial charge in [0.1, 0.15) is 0 Å². The maximum atomic E-state index is 13.0. The molecule has 0 spiro atoms. The molecule has 10 heteroatoms. The van der Waals surface area contributed by atoms with E-state index in [0.717, 1.165) is 41.8 Å². The first kappa shape index (κ1) is 25.4. The molecular formula is C27H31N5O4S. The van der Waals surface area contributed by atoms with E-state index in [0.29, 0.717) is 19.0 Å². The number of hydrogen-bond donors (Lipinski definition) is 1. The lowest BCUT2D eigenvalue weighted by atomic mass is 9.83. The molecule has 2 unspecified atom stereocenters. The highest BCUT2D eigenvalue weighted by atomic mass is 32.2. The standard InChI is InChI=1S/C27H31N5O4S/c1-18-10-11-23(22-7-5-6-13-28-22)30-26(18)27-19(2)21(12-14-29-27)15-20-16-31(17-20)37(35,36)25-9-4-3-8-24(25)32(33)34/h3-9,12-14,18,20,23,26,30H,10-11,15-17H2,1-2H3/t18?,23?,26-/m1/s1. The Kier molecular flexibility index (Phi) is 7.06. The number of rotatable bonds is 7. The Morgan fingerprint density at radius 1 is 1.05 bits per heavy atom. The molecule has 0 radical (unpaired) electrons. The van der Waals surface area contributed by atoms with Crippen LogP contribution in [0.1, 0.15) is 54.4 Å².